The number of nitrogens with zero attached hydrogens (tertiary/aromatic N) is 2. The number of rotatable bonds is 3. The van der Waals surface area contributed by atoms with Gasteiger partial charge in [-0.05, 0) is 45.3 Å². The molecule has 80 valence electrons. The number of carbonyl (C=O) groups is 1. The third-order valence-corrected chi connectivity index (χ3v) is 3.47. The van der Waals surface area contributed by atoms with Gasteiger partial charge in [0.15, 0.2) is 0 Å². The summed E-state index contributed by atoms with van der Waals surface area (Å²) in [5, 5.41) is 0. The quantitative estimate of drug-likeness (QED) is 0.622. The molecule has 14 heavy (non-hydrogen) atoms. The Kier molecular flexibility index (Phi) is 3.54. The van der Waals surface area contributed by atoms with Crippen molar-refractivity contribution in [1.29, 1.82) is 0 Å². The van der Waals surface area contributed by atoms with Gasteiger partial charge < -0.3 is 4.79 Å². The van der Waals surface area contributed by atoms with E-state index in [2.05, 4.69) is 9.80 Å². The van der Waals surface area contributed by atoms with E-state index in [9.17, 15) is 4.79 Å². The third kappa shape index (κ3) is 2.34. The fourth-order valence-corrected chi connectivity index (χ4v) is 2.71. The zero-order valence-electron chi connectivity index (χ0n) is 8.82. The standard InChI is InChI=1S/C11H20N2O/c14-9-8-12-5-3-4-11(10-12)13-6-1-2-7-13/h9,11H,1-8,10H2. The van der Waals surface area contributed by atoms with Crippen LogP contribution >= 0.6 is 0 Å². The van der Waals surface area contributed by atoms with Gasteiger partial charge in [0.2, 0.25) is 0 Å². The summed E-state index contributed by atoms with van der Waals surface area (Å²) in [4.78, 5) is 15.3. The Balaban J connectivity index is 1.83. The van der Waals surface area contributed by atoms with E-state index >= 15 is 0 Å². The van der Waals surface area contributed by atoms with Gasteiger partial charge in [-0.1, -0.05) is 0 Å². The molecule has 0 aromatic rings. The normalized spacial score (nSPS) is 30.7. The van der Waals surface area contributed by atoms with Crippen molar-refractivity contribution in [1.82, 2.24) is 9.80 Å². The van der Waals surface area contributed by atoms with Crippen molar-refractivity contribution in [2.45, 2.75) is 31.7 Å². The molecular formula is C11H20N2O. The van der Waals surface area contributed by atoms with E-state index in [0.29, 0.717) is 6.54 Å². The van der Waals surface area contributed by atoms with Crippen molar-refractivity contribution < 1.29 is 4.79 Å². The second kappa shape index (κ2) is 4.89. The zero-order valence-corrected chi connectivity index (χ0v) is 8.82. The lowest BCUT2D eigenvalue weighted by molar-refractivity contribution is -0.109. The van der Waals surface area contributed by atoms with Crippen LogP contribution in [0.25, 0.3) is 0 Å². The zero-order chi connectivity index (χ0) is 9.80. The number of piperidine rings is 1. The molecular weight excluding hydrogens is 176 g/mol. The minimum absolute atomic E-state index is 0.629. The van der Waals surface area contributed by atoms with Crippen molar-refractivity contribution in [3.8, 4) is 0 Å². The van der Waals surface area contributed by atoms with Gasteiger partial charge in [-0.3, -0.25) is 9.80 Å². The summed E-state index contributed by atoms with van der Waals surface area (Å²) in [6.07, 6.45) is 6.35. The number of carbonyl (C=O) groups excluding carboxylic acids is 1. The first-order chi connectivity index (χ1) is 6.90. The van der Waals surface area contributed by atoms with Gasteiger partial charge in [-0.15, -0.1) is 0 Å². The maximum atomic E-state index is 10.4. The highest BCUT2D eigenvalue weighted by Gasteiger charge is 2.26. The largest absolute Gasteiger partial charge is 0.302 e. The lowest BCUT2D eigenvalue weighted by Crippen LogP contribution is -2.47. The van der Waals surface area contributed by atoms with Crippen LogP contribution in [0.15, 0.2) is 0 Å². The first-order valence-electron chi connectivity index (χ1n) is 5.80. The van der Waals surface area contributed by atoms with Gasteiger partial charge in [0.1, 0.15) is 6.29 Å². The lowest BCUT2D eigenvalue weighted by Gasteiger charge is -2.36. The van der Waals surface area contributed by atoms with Crippen LogP contribution in [0.1, 0.15) is 25.7 Å². The summed E-state index contributed by atoms with van der Waals surface area (Å²) in [6, 6.07) is 0.728. The molecule has 2 rings (SSSR count). The topological polar surface area (TPSA) is 23.6 Å². The van der Waals surface area contributed by atoms with Crippen LogP contribution in [0.3, 0.4) is 0 Å². The van der Waals surface area contributed by atoms with Crippen LogP contribution in [0.2, 0.25) is 0 Å². The molecule has 0 N–H and O–H groups in total. The van der Waals surface area contributed by atoms with Crippen LogP contribution in [0, 0.1) is 0 Å². The summed E-state index contributed by atoms with van der Waals surface area (Å²) in [5.41, 5.74) is 0. The molecule has 0 aromatic heterocycles. The highest BCUT2D eigenvalue weighted by atomic mass is 16.1. The fourth-order valence-electron chi connectivity index (χ4n) is 2.71. The molecule has 2 aliphatic rings. The highest BCUT2D eigenvalue weighted by molar-refractivity contribution is 5.51. The van der Waals surface area contributed by atoms with E-state index in [1.807, 2.05) is 0 Å². The first-order valence-corrected chi connectivity index (χ1v) is 5.80. The van der Waals surface area contributed by atoms with E-state index < -0.39 is 0 Å². The Morgan fingerprint density at radius 1 is 1.14 bits per heavy atom. The maximum Gasteiger partial charge on any atom is 0.133 e. The van der Waals surface area contributed by atoms with Crippen molar-refractivity contribution in [3.05, 3.63) is 0 Å². The number of hydrogen-bond donors (Lipinski definition) is 0. The monoisotopic (exact) mass is 196 g/mol. The van der Waals surface area contributed by atoms with Crippen LogP contribution in [0.5, 0.6) is 0 Å². The smallest absolute Gasteiger partial charge is 0.133 e. The molecule has 2 heterocycles. The molecule has 1 atom stereocenters. The Labute approximate surface area is 86.1 Å². The van der Waals surface area contributed by atoms with Gasteiger partial charge in [0.05, 0.1) is 6.54 Å². The first kappa shape index (κ1) is 10.1. The number of aldehydes is 1. The Bertz CT molecular complexity index is 190. The Morgan fingerprint density at radius 2 is 1.93 bits per heavy atom. The summed E-state index contributed by atoms with van der Waals surface area (Å²) in [5.74, 6) is 0. The van der Waals surface area contributed by atoms with Gasteiger partial charge in [-0.2, -0.15) is 0 Å². The van der Waals surface area contributed by atoms with Gasteiger partial charge in [-0.25, -0.2) is 0 Å². The average molecular weight is 196 g/mol. The Hall–Kier alpha value is -0.410. The molecule has 1 unspecified atom stereocenters. The van der Waals surface area contributed by atoms with E-state index in [0.717, 1.165) is 25.4 Å². The van der Waals surface area contributed by atoms with Crippen molar-refractivity contribution >= 4 is 6.29 Å². The summed E-state index contributed by atoms with van der Waals surface area (Å²) >= 11 is 0. The van der Waals surface area contributed by atoms with Crippen LogP contribution in [0.4, 0.5) is 0 Å². The molecule has 0 aliphatic carbocycles. The van der Waals surface area contributed by atoms with Crippen LogP contribution in [-0.4, -0.2) is 54.9 Å². The second-order valence-electron chi connectivity index (χ2n) is 4.47. The molecule has 0 spiro atoms. The van der Waals surface area contributed by atoms with Gasteiger partial charge >= 0.3 is 0 Å². The van der Waals surface area contributed by atoms with E-state index in [1.54, 1.807) is 0 Å². The molecule has 0 radical (unpaired) electrons. The predicted octanol–water partition coefficient (Wildman–Crippen LogP) is 0.746. The van der Waals surface area contributed by atoms with E-state index in [4.69, 9.17) is 0 Å². The van der Waals surface area contributed by atoms with Crippen LogP contribution < -0.4 is 0 Å². The molecule has 2 aliphatic heterocycles. The number of hydrogen-bond acceptors (Lipinski definition) is 3. The SMILES string of the molecule is O=CCN1CCCC(N2CCCC2)C1. The Morgan fingerprint density at radius 3 is 2.64 bits per heavy atom. The lowest BCUT2D eigenvalue weighted by atomic mass is 10.0. The molecule has 3 nitrogen and oxygen atoms in total. The van der Waals surface area contributed by atoms with Crippen LogP contribution in [-0.2, 0) is 4.79 Å². The average Bonchev–Trinajstić information content (AvgIpc) is 2.71. The van der Waals surface area contributed by atoms with Crippen molar-refractivity contribution in [2.24, 2.45) is 0 Å². The molecule has 0 bridgehead atoms. The molecule has 0 amide bonds. The summed E-state index contributed by atoms with van der Waals surface area (Å²) in [7, 11) is 0. The van der Waals surface area contributed by atoms with E-state index in [-0.39, 0.29) is 0 Å². The third-order valence-electron chi connectivity index (χ3n) is 3.47. The summed E-state index contributed by atoms with van der Waals surface area (Å²) in [6.45, 7) is 5.41. The van der Waals surface area contributed by atoms with Crippen molar-refractivity contribution in [3.63, 3.8) is 0 Å². The van der Waals surface area contributed by atoms with Crippen molar-refractivity contribution in [2.75, 3.05) is 32.7 Å². The minimum atomic E-state index is 0.629. The molecule has 0 aromatic carbocycles. The second-order valence-corrected chi connectivity index (χ2v) is 4.47. The van der Waals surface area contributed by atoms with E-state index in [1.165, 1.54) is 38.8 Å². The maximum absolute atomic E-state index is 10.4. The minimum Gasteiger partial charge on any atom is -0.302 e. The van der Waals surface area contributed by atoms with Gasteiger partial charge in [0.25, 0.3) is 0 Å². The fraction of sp³-hybridized carbons (Fsp3) is 0.909. The molecule has 0 saturated carbocycles. The van der Waals surface area contributed by atoms with Gasteiger partial charge in [0, 0.05) is 12.6 Å². The highest BCUT2D eigenvalue weighted by Crippen LogP contribution is 2.19. The molecule has 2 saturated heterocycles. The predicted molar refractivity (Wildman–Crippen MR) is 56.3 cm³/mol. The number of likely N-dealkylation sites (tertiary alicyclic amines) is 2. The summed E-state index contributed by atoms with van der Waals surface area (Å²) < 4.78 is 0. The molecule has 3 heteroatoms. The molecule has 2 fully saturated rings.